The van der Waals surface area contributed by atoms with Crippen molar-refractivity contribution in [2.75, 3.05) is 5.32 Å². The summed E-state index contributed by atoms with van der Waals surface area (Å²) in [4.78, 5) is 29.2. The molecule has 0 aliphatic heterocycles. The lowest BCUT2D eigenvalue weighted by Gasteiger charge is -2.13. The van der Waals surface area contributed by atoms with Crippen LogP contribution in [0.4, 0.5) is 5.69 Å². The van der Waals surface area contributed by atoms with Gasteiger partial charge in [-0.1, -0.05) is 37.2 Å². The molecular formula is C22H26N4O3. The van der Waals surface area contributed by atoms with Gasteiger partial charge in [-0.05, 0) is 43.5 Å². The van der Waals surface area contributed by atoms with Crippen LogP contribution in [0, 0.1) is 6.92 Å². The van der Waals surface area contributed by atoms with Crippen molar-refractivity contribution in [3.63, 3.8) is 0 Å². The Balaban J connectivity index is 1.67. The lowest BCUT2D eigenvalue weighted by Crippen LogP contribution is -2.23. The van der Waals surface area contributed by atoms with Crippen LogP contribution in [0.15, 0.2) is 45.7 Å². The Morgan fingerprint density at radius 3 is 2.69 bits per heavy atom. The fourth-order valence-electron chi connectivity index (χ4n) is 3.25. The maximum Gasteiger partial charge on any atom is 0.261 e. The van der Waals surface area contributed by atoms with Crippen LogP contribution in [-0.4, -0.2) is 20.6 Å². The van der Waals surface area contributed by atoms with Gasteiger partial charge in [0.25, 0.3) is 5.56 Å². The molecule has 1 N–H and O–H groups in total. The van der Waals surface area contributed by atoms with Crippen molar-refractivity contribution in [3.05, 3.63) is 63.9 Å². The molecule has 0 saturated carbocycles. The molecule has 3 rings (SSSR count). The van der Waals surface area contributed by atoms with Crippen molar-refractivity contribution in [1.29, 1.82) is 0 Å². The number of anilines is 1. The van der Waals surface area contributed by atoms with Crippen LogP contribution in [0.1, 0.15) is 50.3 Å². The summed E-state index contributed by atoms with van der Waals surface area (Å²) in [6.07, 6.45) is 0.512. The monoisotopic (exact) mass is 394 g/mol. The van der Waals surface area contributed by atoms with Crippen molar-refractivity contribution in [2.24, 2.45) is 0 Å². The predicted molar refractivity (Wildman–Crippen MR) is 112 cm³/mol. The molecule has 3 aromatic rings. The molecule has 2 aromatic heterocycles. The van der Waals surface area contributed by atoms with Gasteiger partial charge in [0.15, 0.2) is 0 Å². The number of carbonyl (C=O) groups excluding carboxylic acids is 1. The number of hydrogen-bond acceptors (Lipinski definition) is 5. The zero-order chi connectivity index (χ0) is 21.0. The van der Waals surface area contributed by atoms with E-state index in [2.05, 4.69) is 29.3 Å². The fourth-order valence-corrected chi connectivity index (χ4v) is 3.25. The number of pyridine rings is 1. The number of para-hydroxylation sites is 1. The molecule has 7 heteroatoms. The second-order valence-electron chi connectivity index (χ2n) is 7.24. The smallest absolute Gasteiger partial charge is 0.261 e. The molecule has 152 valence electrons. The van der Waals surface area contributed by atoms with Gasteiger partial charge in [-0.25, -0.2) is 0 Å². The SMILES string of the molecule is CCn1c(C)ccc(-c2noc(CCC(=O)Nc3ccccc3C(C)C)n2)c1=O. The van der Waals surface area contributed by atoms with Gasteiger partial charge in [0.2, 0.25) is 17.6 Å². The maximum atomic E-state index is 12.6. The summed E-state index contributed by atoms with van der Waals surface area (Å²) in [5.74, 6) is 0.765. The Morgan fingerprint density at radius 2 is 1.97 bits per heavy atom. The molecule has 7 nitrogen and oxygen atoms in total. The molecule has 2 heterocycles. The first-order chi connectivity index (χ1) is 13.9. The number of rotatable bonds is 7. The van der Waals surface area contributed by atoms with Crippen LogP contribution in [0.25, 0.3) is 11.4 Å². The van der Waals surface area contributed by atoms with E-state index in [1.165, 1.54) is 0 Å². The highest BCUT2D eigenvalue weighted by molar-refractivity contribution is 5.91. The van der Waals surface area contributed by atoms with Crippen molar-refractivity contribution in [3.8, 4) is 11.4 Å². The number of aromatic nitrogens is 3. The van der Waals surface area contributed by atoms with Crippen molar-refractivity contribution in [1.82, 2.24) is 14.7 Å². The third kappa shape index (κ3) is 4.62. The Labute approximate surface area is 169 Å². The van der Waals surface area contributed by atoms with Gasteiger partial charge < -0.3 is 14.4 Å². The number of nitrogens with one attached hydrogen (secondary N) is 1. The molecule has 0 spiro atoms. The first-order valence-electron chi connectivity index (χ1n) is 9.82. The summed E-state index contributed by atoms with van der Waals surface area (Å²) < 4.78 is 6.91. The van der Waals surface area contributed by atoms with Gasteiger partial charge in [-0.15, -0.1) is 0 Å². The van der Waals surface area contributed by atoms with Crippen LogP contribution in [0.5, 0.6) is 0 Å². The van der Waals surface area contributed by atoms with Gasteiger partial charge in [0.05, 0.1) is 5.56 Å². The summed E-state index contributed by atoms with van der Waals surface area (Å²) in [5.41, 5.74) is 3.03. The third-order valence-corrected chi connectivity index (χ3v) is 4.84. The molecule has 1 aromatic carbocycles. The second-order valence-corrected chi connectivity index (χ2v) is 7.24. The van der Waals surface area contributed by atoms with Crippen LogP contribution in [-0.2, 0) is 17.8 Å². The predicted octanol–water partition coefficient (Wildman–Crippen LogP) is 3.92. The average Bonchev–Trinajstić information content (AvgIpc) is 3.16. The Morgan fingerprint density at radius 1 is 1.21 bits per heavy atom. The molecule has 0 atom stereocenters. The van der Waals surface area contributed by atoms with E-state index >= 15 is 0 Å². The highest BCUT2D eigenvalue weighted by atomic mass is 16.5. The first-order valence-corrected chi connectivity index (χ1v) is 9.82. The van der Waals surface area contributed by atoms with E-state index in [1.807, 2.05) is 44.2 Å². The van der Waals surface area contributed by atoms with Gasteiger partial charge in [-0.2, -0.15) is 4.98 Å². The minimum Gasteiger partial charge on any atom is -0.339 e. The van der Waals surface area contributed by atoms with E-state index in [1.54, 1.807) is 10.6 Å². The van der Waals surface area contributed by atoms with Gasteiger partial charge in [0.1, 0.15) is 0 Å². The molecule has 0 unspecified atom stereocenters. The number of carbonyl (C=O) groups is 1. The Kier molecular flexibility index (Phi) is 6.26. The fraction of sp³-hybridized carbons (Fsp3) is 0.364. The number of hydrogen-bond donors (Lipinski definition) is 1. The molecule has 0 radical (unpaired) electrons. The molecule has 0 saturated heterocycles. The van der Waals surface area contributed by atoms with E-state index in [-0.39, 0.29) is 23.7 Å². The normalized spacial score (nSPS) is 11.1. The minimum atomic E-state index is -0.150. The first kappa shape index (κ1) is 20.5. The van der Waals surface area contributed by atoms with E-state index in [9.17, 15) is 9.59 Å². The quantitative estimate of drug-likeness (QED) is 0.656. The van der Waals surface area contributed by atoms with Gasteiger partial charge in [-0.3, -0.25) is 9.59 Å². The van der Waals surface area contributed by atoms with E-state index < -0.39 is 0 Å². The number of aryl methyl sites for hydroxylation is 2. The number of nitrogens with zero attached hydrogens (tertiary/aromatic N) is 3. The van der Waals surface area contributed by atoms with E-state index in [4.69, 9.17) is 4.52 Å². The molecule has 0 fully saturated rings. The molecule has 0 bridgehead atoms. The Hall–Kier alpha value is -3.22. The molecule has 0 aliphatic carbocycles. The van der Waals surface area contributed by atoms with E-state index in [0.29, 0.717) is 30.3 Å². The summed E-state index contributed by atoms with van der Waals surface area (Å²) in [6, 6.07) is 11.3. The summed E-state index contributed by atoms with van der Waals surface area (Å²) in [6.45, 7) is 8.54. The lowest BCUT2D eigenvalue weighted by molar-refractivity contribution is -0.116. The zero-order valence-electron chi connectivity index (χ0n) is 17.2. The summed E-state index contributed by atoms with van der Waals surface area (Å²) in [7, 11) is 0. The number of benzene rings is 1. The minimum absolute atomic E-state index is 0.124. The Bertz CT molecular complexity index is 1070. The maximum absolute atomic E-state index is 12.6. The number of amides is 1. The van der Waals surface area contributed by atoms with Gasteiger partial charge in [0, 0.05) is 30.8 Å². The highest BCUT2D eigenvalue weighted by Crippen LogP contribution is 2.24. The van der Waals surface area contributed by atoms with Crippen molar-refractivity contribution in [2.45, 2.75) is 53.0 Å². The molecule has 1 amide bonds. The van der Waals surface area contributed by atoms with Crippen molar-refractivity contribution < 1.29 is 9.32 Å². The molecule has 29 heavy (non-hydrogen) atoms. The second kappa shape index (κ2) is 8.86. The lowest BCUT2D eigenvalue weighted by atomic mass is 10.0. The average molecular weight is 394 g/mol. The van der Waals surface area contributed by atoms with E-state index in [0.717, 1.165) is 16.9 Å². The zero-order valence-corrected chi connectivity index (χ0v) is 17.2. The molecule has 0 aliphatic rings. The molecular weight excluding hydrogens is 368 g/mol. The summed E-state index contributed by atoms with van der Waals surface area (Å²) >= 11 is 0. The largest absolute Gasteiger partial charge is 0.339 e. The topological polar surface area (TPSA) is 90.0 Å². The van der Waals surface area contributed by atoms with Gasteiger partial charge >= 0.3 is 0 Å². The van der Waals surface area contributed by atoms with Crippen LogP contribution >= 0.6 is 0 Å². The third-order valence-electron chi connectivity index (χ3n) is 4.84. The highest BCUT2D eigenvalue weighted by Gasteiger charge is 2.16. The van der Waals surface area contributed by atoms with Crippen molar-refractivity contribution >= 4 is 11.6 Å². The van der Waals surface area contributed by atoms with Crippen LogP contribution in [0.3, 0.4) is 0 Å². The van der Waals surface area contributed by atoms with Crippen LogP contribution < -0.4 is 10.9 Å². The standard InChI is InChI=1S/C22H26N4O3/c1-5-26-15(4)10-11-17(22(26)28)21-24-20(29-25-21)13-12-19(27)23-18-9-7-6-8-16(18)14(2)3/h6-11,14H,5,12-13H2,1-4H3,(H,23,27). The van der Waals surface area contributed by atoms with Crippen LogP contribution in [0.2, 0.25) is 0 Å². The summed E-state index contributed by atoms with van der Waals surface area (Å²) in [5, 5.41) is 6.87.